The van der Waals surface area contributed by atoms with E-state index in [2.05, 4.69) is 28.9 Å². The number of benzene rings is 1. The van der Waals surface area contributed by atoms with Gasteiger partial charge in [-0.1, -0.05) is 0 Å². The summed E-state index contributed by atoms with van der Waals surface area (Å²) in [5.41, 5.74) is 7.69. The van der Waals surface area contributed by atoms with Crippen molar-refractivity contribution in [3.63, 3.8) is 0 Å². The summed E-state index contributed by atoms with van der Waals surface area (Å²) >= 11 is 0. The summed E-state index contributed by atoms with van der Waals surface area (Å²) in [6, 6.07) is 8.34. The van der Waals surface area contributed by atoms with E-state index in [4.69, 9.17) is 5.73 Å². The smallest absolute Gasteiger partial charge is 0.104 e. The molecule has 2 unspecified atom stereocenters. The number of nitrogens with zero attached hydrogens (tertiary/aromatic N) is 2. The van der Waals surface area contributed by atoms with Gasteiger partial charge < -0.3 is 15.7 Å². The van der Waals surface area contributed by atoms with Crippen LogP contribution in [0.3, 0.4) is 0 Å². The highest BCUT2D eigenvalue weighted by Gasteiger charge is 2.26. The molecule has 0 radical (unpaired) electrons. The molecular formula is C13H21N3O. The second-order valence-electron chi connectivity index (χ2n) is 4.76. The molecule has 3 N–H and O–H groups in total. The molecule has 0 amide bonds. The number of anilines is 2. The van der Waals surface area contributed by atoms with Crippen LogP contribution in [0.25, 0.3) is 0 Å². The molecule has 1 aliphatic heterocycles. The second-order valence-corrected chi connectivity index (χ2v) is 4.76. The Morgan fingerprint density at radius 2 is 1.94 bits per heavy atom. The van der Waals surface area contributed by atoms with Gasteiger partial charge >= 0.3 is 0 Å². The van der Waals surface area contributed by atoms with Crippen LogP contribution in [-0.2, 0) is 0 Å². The van der Waals surface area contributed by atoms with E-state index in [9.17, 15) is 5.11 Å². The van der Waals surface area contributed by atoms with Crippen LogP contribution in [0.1, 0.15) is 13.8 Å². The monoisotopic (exact) mass is 235 g/mol. The molecule has 4 nitrogen and oxygen atoms in total. The Morgan fingerprint density at radius 1 is 1.29 bits per heavy atom. The van der Waals surface area contributed by atoms with Gasteiger partial charge in [-0.3, -0.25) is 4.90 Å². The van der Waals surface area contributed by atoms with Crippen molar-refractivity contribution < 1.29 is 5.11 Å². The number of hydrogen-bond donors (Lipinski definition) is 2. The lowest BCUT2D eigenvalue weighted by atomic mass is 10.1. The zero-order valence-electron chi connectivity index (χ0n) is 10.5. The Hall–Kier alpha value is -1.26. The minimum atomic E-state index is -0.362. The lowest BCUT2D eigenvalue weighted by molar-refractivity contribution is -0.0119. The van der Waals surface area contributed by atoms with Gasteiger partial charge in [0.1, 0.15) is 6.23 Å². The van der Waals surface area contributed by atoms with E-state index in [0.29, 0.717) is 6.04 Å². The van der Waals surface area contributed by atoms with Crippen LogP contribution in [0.15, 0.2) is 24.3 Å². The van der Waals surface area contributed by atoms with Crippen LogP contribution < -0.4 is 10.6 Å². The maximum absolute atomic E-state index is 9.63. The van der Waals surface area contributed by atoms with E-state index in [1.807, 2.05) is 19.1 Å². The summed E-state index contributed by atoms with van der Waals surface area (Å²) in [7, 11) is 0. The molecule has 0 aliphatic carbocycles. The number of aliphatic hydroxyl groups is 1. The Bertz CT molecular complexity index is 363. The van der Waals surface area contributed by atoms with Gasteiger partial charge in [0.15, 0.2) is 0 Å². The number of aliphatic hydroxyl groups excluding tert-OH is 1. The standard InChI is InChI=1S/C13H21N3O/c1-10-9-15(7-8-16(10)11(2)17)13-5-3-12(14)4-6-13/h3-6,10-11,17H,7-9,14H2,1-2H3. The molecule has 0 saturated carbocycles. The van der Waals surface area contributed by atoms with Crippen molar-refractivity contribution in [2.75, 3.05) is 30.3 Å². The maximum atomic E-state index is 9.63. The van der Waals surface area contributed by atoms with Crippen molar-refractivity contribution in [3.05, 3.63) is 24.3 Å². The van der Waals surface area contributed by atoms with Gasteiger partial charge in [-0.05, 0) is 38.1 Å². The average Bonchev–Trinajstić information content (AvgIpc) is 2.29. The van der Waals surface area contributed by atoms with E-state index >= 15 is 0 Å². The molecule has 0 spiro atoms. The minimum absolute atomic E-state index is 0.362. The molecule has 1 aromatic rings. The van der Waals surface area contributed by atoms with Crippen molar-refractivity contribution in [1.29, 1.82) is 0 Å². The number of piperazine rings is 1. The largest absolute Gasteiger partial charge is 0.399 e. The first-order valence-corrected chi connectivity index (χ1v) is 6.12. The van der Waals surface area contributed by atoms with E-state index in [0.717, 1.165) is 25.3 Å². The summed E-state index contributed by atoms with van der Waals surface area (Å²) in [5, 5.41) is 9.63. The Kier molecular flexibility index (Phi) is 3.54. The van der Waals surface area contributed by atoms with Crippen LogP contribution in [0, 0.1) is 0 Å². The Morgan fingerprint density at radius 3 is 2.47 bits per heavy atom. The Labute approximate surface area is 103 Å². The number of nitrogen functional groups attached to an aromatic ring is 1. The van der Waals surface area contributed by atoms with E-state index in [1.165, 1.54) is 5.69 Å². The van der Waals surface area contributed by atoms with E-state index in [1.54, 1.807) is 0 Å². The molecule has 1 fully saturated rings. The SMILES string of the molecule is CC(O)N1CCN(c2ccc(N)cc2)CC1C. The molecular weight excluding hydrogens is 214 g/mol. The number of hydrogen-bond acceptors (Lipinski definition) is 4. The average molecular weight is 235 g/mol. The van der Waals surface area contributed by atoms with Gasteiger partial charge in [0.2, 0.25) is 0 Å². The normalized spacial score (nSPS) is 23.7. The van der Waals surface area contributed by atoms with Crippen molar-refractivity contribution in [2.45, 2.75) is 26.1 Å². The highest BCUT2D eigenvalue weighted by atomic mass is 16.3. The summed E-state index contributed by atoms with van der Waals surface area (Å²) in [4.78, 5) is 4.46. The zero-order chi connectivity index (χ0) is 12.4. The van der Waals surface area contributed by atoms with Crippen LogP contribution in [0.5, 0.6) is 0 Å². The fraction of sp³-hybridized carbons (Fsp3) is 0.538. The highest BCUT2D eigenvalue weighted by molar-refractivity contribution is 5.53. The Balaban J connectivity index is 2.04. The summed E-state index contributed by atoms with van der Waals surface area (Å²) in [6.45, 7) is 6.75. The topological polar surface area (TPSA) is 52.7 Å². The fourth-order valence-electron chi connectivity index (χ4n) is 2.45. The van der Waals surface area contributed by atoms with Crippen LogP contribution in [0.2, 0.25) is 0 Å². The van der Waals surface area contributed by atoms with Crippen molar-refractivity contribution in [2.24, 2.45) is 0 Å². The van der Waals surface area contributed by atoms with Gasteiger partial charge in [-0.15, -0.1) is 0 Å². The van der Waals surface area contributed by atoms with E-state index < -0.39 is 0 Å². The van der Waals surface area contributed by atoms with Gasteiger partial charge in [0, 0.05) is 37.1 Å². The van der Waals surface area contributed by atoms with Crippen LogP contribution in [-0.4, -0.2) is 41.9 Å². The molecule has 1 saturated heterocycles. The first kappa shape index (κ1) is 12.2. The molecule has 2 rings (SSSR count). The zero-order valence-corrected chi connectivity index (χ0v) is 10.5. The number of nitrogens with two attached hydrogens (primary N) is 1. The van der Waals surface area contributed by atoms with E-state index in [-0.39, 0.29) is 6.23 Å². The molecule has 94 valence electrons. The lowest BCUT2D eigenvalue weighted by Gasteiger charge is -2.42. The van der Waals surface area contributed by atoms with Crippen molar-refractivity contribution in [1.82, 2.24) is 4.90 Å². The number of rotatable bonds is 2. The minimum Gasteiger partial charge on any atom is -0.399 e. The molecule has 2 atom stereocenters. The third-order valence-electron chi connectivity index (χ3n) is 3.42. The summed E-state index contributed by atoms with van der Waals surface area (Å²) < 4.78 is 0. The molecule has 4 heteroatoms. The first-order chi connectivity index (χ1) is 8.08. The van der Waals surface area contributed by atoms with Gasteiger partial charge in [0.05, 0.1) is 0 Å². The predicted octanol–water partition coefficient (Wildman–Crippen LogP) is 1.12. The van der Waals surface area contributed by atoms with Crippen molar-refractivity contribution in [3.8, 4) is 0 Å². The molecule has 1 aromatic carbocycles. The molecule has 0 aromatic heterocycles. The predicted molar refractivity (Wildman–Crippen MR) is 70.9 cm³/mol. The molecule has 17 heavy (non-hydrogen) atoms. The van der Waals surface area contributed by atoms with Gasteiger partial charge in [-0.25, -0.2) is 0 Å². The van der Waals surface area contributed by atoms with Crippen LogP contribution >= 0.6 is 0 Å². The molecule has 1 aliphatic rings. The maximum Gasteiger partial charge on any atom is 0.104 e. The van der Waals surface area contributed by atoms with Crippen LogP contribution in [0.4, 0.5) is 11.4 Å². The fourth-order valence-corrected chi connectivity index (χ4v) is 2.45. The van der Waals surface area contributed by atoms with Crippen molar-refractivity contribution >= 4 is 11.4 Å². The van der Waals surface area contributed by atoms with Gasteiger partial charge in [-0.2, -0.15) is 0 Å². The van der Waals surface area contributed by atoms with Gasteiger partial charge in [0.25, 0.3) is 0 Å². The lowest BCUT2D eigenvalue weighted by Crippen LogP contribution is -2.54. The highest BCUT2D eigenvalue weighted by Crippen LogP contribution is 2.21. The summed E-state index contributed by atoms with van der Waals surface area (Å²) in [6.07, 6.45) is -0.362. The molecule has 0 bridgehead atoms. The third kappa shape index (κ3) is 2.70. The quantitative estimate of drug-likeness (QED) is 0.754. The third-order valence-corrected chi connectivity index (χ3v) is 3.42. The first-order valence-electron chi connectivity index (χ1n) is 6.12. The molecule has 1 heterocycles. The summed E-state index contributed by atoms with van der Waals surface area (Å²) in [5.74, 6) is 0. The second kappa shape index (κ2) is 4.94.